The first-order valence-electron chi connectivity index (χ1n) is 7.50. The molecule has 4 unspecified atom stereocenters. The van der Waals surface area contributed by atoms with Crippen LogP contribution in [0.5, 0.6) is 0 Å². The molecule has 7 N–H and O–H groups in total. The van der Waals surface area contributed by atoms with Crippen LogP contribution in [0, 0.1) is 0 Å². The summed E-state index contributed by atoms with van der Waals surface area (Å²) >= 11 is 0. The Morgan fingerprint density at radius 2 is 1.74 bits per heavy atom. The van der Waals surface area contributed by atoms with E-state index in [0.717, 1.165) is 6.07 Å². The largest absolute Gasteiger partial charge is 0.490 e. The number of anilines is 1. The van der Waals surface area contributed by atoms with Crippen LogP contribution in [0.15, 0.2) is 17.1 Å². The van der Waals surface area contributed by atoms with Gasteiger partial charge in [0.25, 0.3) is 5.85 Å². The molecule has 0 aliphatic rings. The lowest BCUT2D eigenvalue weighted by atomic mass is 10.0. The van der Waals surface area contributed by atoms with Crippen molar-refractivity contribution in [3.63, 3.8) is 0 Å². The fourth-order valence-corrected chi connectivity index (χ4v) is 5.03. The molecule has 0 fully saturated rings. The van der Waals surface area contributed by atoms with E-state index in [0.29, 0.717) is 20.2 Å². The van der Waals surface area contributed by atoms with Crippen molar-refractivity contribution in [3.8, 4) is 0 Å². The van der Waals surface area contributed by atoms with Gasteiger partial charge < -0.3 is 35.2 Å². The molecule has 5 atom stereocenters. The lowest BCUT2D eigenvalue weighted by Gasteiger charge is -2.36. The highest BCUT2D eigenvalue weighted by molar-refractivity contribution is 7.66. The second-order valence-electron chi connectivity index (χ2n) is 5.79. The molecule has 1 aromatic rings. The molecule has 1 aromatic heterocycles. The van der Waals surface area contributed by atoms with Gasteiger partial charge in [0.2, 0.25) is 5.79 Å². The number of nitrogens with zero attached hydrogens (tertiary/aromatic N) is 2. The van der Waals surface area contributed by atoms with E-state index < -0.39 is 53.5 Å². The SMILES string of the molecule is COC(F)(COP(=O)(O)OP(=O)(O)OP(=O)(O)O)[C@@H](O)C(C)(F)n1ccc(N)nc1=O. The van der Waals surface area contributed by atoms with Crippen LogP contribution in [0.3, 0.4) is 0 Å². The highest BCUT2D eigenvalue weighted by Crippen LogP contribution is 2.66. The Morgan fingerprint density at radius 3 is 2.19 bits per heavy atom. The minimum atomic E-state index is -5.91. The molecule has 0 aliphatic heterocycles. The van der Waals surface area contributed by atoms with Crippen molar-refractivity contribution in [2.24, 2.45) is 0 Å². The first-order valence-corrected chi connectivity index (χ1v) is 12.0. The zero-order valence-electron chi connectivity index (χ0n) is 15.5. The third kappa shape index (κ3) is 7.75. The van der Waals surface area contributed by atoms with E-state index in [9.17, 15) is 32.9 Å². The van der Waals surface area contributed by atoms with E-state index in [1.54, 1.807) is 0 Å². The van der Waals surface area contributed by atoms with Crippen LogP contribution in [0.1, 0.15) is 6.92 Å². The highest BCUT2D eigenvalue weighted by Gasteiger charge is 2.54. The van der Waals surface area contributed by atoms with E-state index >= 15 is 4.39 Å². The molecule has 16 nitrogen and oxygen atoms in total. The maximum atomic E-state index is 15.1. The molecular weight excluding hydrogens is 501 g/mol. The number of halogens is 2. The smallest absolute Gasteiger partial charge is 0.383 e. The molecule has 0 radical (unpaired) electrons. The quantitative estimate of drug-likeness (QED) is 0.201. The number of hydrogen-bond acceptors (Lipinski definition) is 11. The van der Waals surface area contributed by atoms with Gasteiger partial charge in [0.1, 0.15) is 12.4 Å². The molecule has 0 amide bonds. The number of phosphoric acid groups is 3. The van der Waals surface area contributed by atoms with Gasteiger partial charge in [0.05, 0.1) is 0 Å². The van der Waals surface area contributed by atoms with Gasteiger partial charge in [-0.25, -0.2) is 27.3 Å². The lowest BCUT2D eigenvalue weighted by molar-refractivity contribution is -0.255. The van der Waals surface area contributed by atoms with E-state index in [2.05, 4.69) is 22.9 Å². The second kappa shape index (κ2) is 9.39. The third-order valence-electron chi connectivity index (χ3n) is 3.38. The fourth-order valence-electron chi connectivity index (χ4n) is 2.00. The molecule has 0 spiro atoms. The molecule has 0 saturated heterocycles. The molecule has 0 saturated carbocycles. The van der Waals surface area contributed by atoms with E-state index in [1.165, 1.54) is 0 Å². The van der Waals surface area contributed by atoms with Crippen LogP contribution in [0.2, 0.25) is 0 Å². The summed E-state index contributed by atoms with van der Waals surface area (Å²) in [6.07, 6.45) is -2.24. The Balaban J connectivity index is 3.08. The van der Waals surface area contributed by atoms with E-state index in [-0.39, 0.29) is 10.4 Å². The zero-order valence-corrected chi connectivity index (χ0v) is 18.2. The molecule has 180 valence electrons. The van der Waals surface area contributed by atoms with Gasteiger partial charge in [-0.05, 0) is 13.0 Å². The van der Waals surface area contributed by atoms with Crippen LogP contribution in [-0.2, 0) is 37.4 Å². The normalized spacial score (nSPS) is 21.3. The topological polar surface area (TPSA) is 250 Å². The minimum Gasteiger partial charge on any atom is -0.383 e. The molecule has 0 aromatic carbocycles. The van der Waals surface area contributed by atoms with Crippen molar-refractivity contribution in [3.05, 3.63) is 22.7 Å². The predicted molar refractivity (Wildman–Crippen MR) is 94.3 cm³/mol. The zero-order chi connectivity index (χ0) is 24.5. The molecular formula is C10H18F2N3O13P3. The summed E-state index contributed by atoms with van der Waals surface area (Å²) in [4.78, 5) is 50.2. The Bertz CT molecular complexity index is 999. The summed E-state index contributed by atoms with van der Waals surface area (Å²) in [6, 6.07) is 0.935. The number of nitrogen functional groups attached to an aromatic ring is 1. The number of aliphatic hydroxyl groups is 1. The van der Waals surface area contributed by atoms with Crippen LogP contribution >= 0.6 is 23.5 Å². The molecule has 31 heavy (non-hydrogen) atoms. The third-order valence-corrected chi connectivity index (χ3v) is 7.17. The fraction of sp³-hybridized carbons (Fsp3) is 0.600. The second-order valence-corrected chi connectivity index (χ2v) is 10.2. The van der Waals surface area contributed by atoms with Gasteiger partial charge in [-0.2, -0.15) is 13.6 Å². The summed E-state index contributed by atoms with van der Waals surface area (Å²) in [5, 5.41) is 10.1. The Kier molecular flexibility index (Phi) is 8.45. The summed E-state index contributed by atoms with van der Waals surface area (Å²) < 4.78 is 78.7. The average molecular weight is 519 g/mol. The van der Waals surface area contributed by atoms with Crippen molar-refractivity contribution in [2.45, 2.75) is 24.7 Å². The standard InChI is InChI=1S/C10H18F2N3O13P3/c1-9(11,15-4-3-6(13)14-8(15)17)7(16)10(12,25-2)5-26-30(21,22)28-31(23,24)27-29(18,19)20/h3-4,7,16H,5H2,1-2H3,(H,21,22)(H,23,24)(H2,13,14,17)(H2,18,19,20)/t7-,9?,10?/m0/s1. The Labute approximate surface area is 171 Å². The predicted octanol–water partition coefficient (Wildman–Crippen LogP) is -0.516. The molecule has 0 bridgehead atoms. The summed E-state index contributed by atoms with van der Waals surface area (Å²) in [5.41, 5.74) is 3.89. The van der Waals surface area contributed by atoms with Crippen molar-refractivity contribution in [2.75, 3.05) is 19.5 Å². The lowest BCUT2D eigenvalue weighted by Crippen LogP contribution is -2.57. The number of alkyl halides is 2. The van der Waals surface area contributed by atoms with E-state index in [1.807, 2.05) is 0 Å². The monoisotopic (exact) mass is 519 g/mol. The molecule has 21 heteroatoms. The van der Waals surface area contributed by atoms with Gasteiger partial charge in [0.15, 0.2) is 6.10 Å². The number of phosphoric ester groups is 1. The number of nitrogens with two attached hydrogens (primary N) is 1. The Morgan fingerprint density at radius 1 is 1.19 bits per heavy atom. The molecule has 1 heterocycles. The average Bonchev–Trinajstić information content (AvgIpc) is 2.55. The number of hydrogen-bond donors (Lipinski definition) is 6. The number of aromatic nitrogens is 2. The first kappa shape index (κ1) is 27.9. The summed E-state index contributed by atoms with van der Waals surface area (Å²) in [6.45, 7) is -1.35. The molecule has 1 rings (SSSR count). The number of ether oxygens (including phenoxy) is 1. The number of aliphatic hydroxyl groups excluding tert-OH is 1. The summed E-state index contributed by atoms with van der Waals surface area (Å²) in [7, 11) is -16.8. The van der Waals surface area contributed by atoms with Crippen LogP contribution in [0.25, 0.3) is 0 Å². The maximum absolute atomic E-state index is 15.1. The summed E-state index contributed by atoms with van der Waals surface area (Å²) in [5.74, 6) is -7.34. The number of methoxy groups -OCH3 is 1. The van der Waals surface area contributed by atoms with Crippen molar-refractivity contribution in [1.29, 1.82) is 0 Å². The van der Waals surface area contributed by atoms with Crippen molar-refractivity contribution in [1.82, 2.24) is 9.55 Å². The van der Waals surface area contributed by atoms with Gasteiger partial charge in [-0.3, -0.25) is 9.09 Å². The van der Waals surface area contributed by atoms with E-state index in [4.69, 9.17) is 20.4 Å². The van der Waals surface area contributed by atoms with Gasteiger partial charge >= 0.3 is 29.2 Å². The Hall–Kier alpha value is -1.13. The van der Waals surface area contributed by atoms with Crippen LogP contribution in [0.4, 0.5) is 14.6 Å². The van der Waals surface area contributed by atoms with Crippen LogP contribution < -0.4 is 11.4 Å². The van der Waals surface area contributed by atoms with Crippen LogP contribution in [-0.4, -0.2) is 59.9 Å². The van der Waals surface area contributed by atoms with Gasteiger partial charge in [-0.1, -0.05) is 0 Å². The molecule has 0 aliphatic carbocycles. The number of rotatable bonds is 11. The maximum Gasteiger partial charge on any atom is 0.490 e. The van der Waals surface area contributed by atoms with Crippen molar-refractivity contribution >= 4 is 29.3 Å². The first-order chi connectivity index (χ1) is 13.7. The van der Waals surface area contributed by atoms with Gasteiger partial charge in [-0.15, -0.1) is 0 Å². The van der Waals surface area contributed by atoms with Crippen molar-refractivity contribution < 1.29 is 65.0 Å². The van der Waals surface area contributed by atoms with Gasteiger partial charge in [0, 0.05) is 13.3 Å². The minimum absolute atomic E-state index is 0.117. The highest BCUT2D eigenvalue weighted by atomic mass is 31.3.